The van der Waals surface area contributed by atoms with E-state index in [0.29, 0.717) is 6.07 Å². The van der Waals surface area contributed by atoms with Gasteiger partial charge in [-0.3, -0.25) is 14.9 Å². The third kappa shape index (κ3) is 4.41. The van der Waals surface area contributed by atoms with Crippen molar-refractivity contribution in [2.24, 2.45) is 0 Å². The van der Waals surface area contributed by atoms with Crippen LogP contribution >= 0.6 is 0 Å². The molecule has 0 aliphatic rings. The number of carboxylic acids is 1. The lowest BCUT2D eigenvalue weighted by molar-refractivity contribution is -0.384. The summed E-state index contributed by atoms with van der Waals surface area (Å²) in [5.74, 6) is -3.20. The van der Waals surface area contributed by atoms with E-state index in [-0.39, 0.29) is 18.3 Å². The predicted octanol–water partition coefficient (Wildman–Crippen LogP) is 1.37. The lowest BCUT2D eigenvalue weighted by Gasteiger charge is -2.11. The van der Waals surface area contributed by atoms with Crippen molar-refractivity contribution in [3.05, 3.63) is 33.6 Å². The topological polar surface area (TPSA) is 122 Å². The molecule has 0 radical (unpaired) electrons. The highest BCUT2D eigenvalue weighted by atomic mass is 19.1. The van der Waals surface area contributed by atoms with Gasteiger partial charge in [0.05, 0.1) is 23.1 Å². The largest absolute Gasteiger partial charge is 0.478 e. The molecule has 1 rings (SSSR count). The van der Waals surface area contributed by atoms with Crippen LogP contribution in [-0.4, -0.2) is 34.5 Å². The summed E-state index contributed by atoms with van der Waals surface area (Å²) >= 11 is 0. The molecule has 0 saturated heterocycles. The fourth-order valence-electron chi connectivity index (χ4n) is 1.57. The number of aromatic carboxylic acids is 1. The molecule has 1 aromatic carbocycles. The van der Waals surface area contributed by atoms with E-state index in [1.54, 1.807) is 13.8 Å². The van der Waals surface area contributed by atoms with Gasteiger partial charge in [0, 0.05) is 6.04 Å². The second-order valence-electron chi connectivity index (χ2n) is 4.49. The van der Waals surface area contributed by atoms with Crippen molar-refractivity contribution in [1.29, 1.82) is 0 Å². The van der Waals surface area contributed by atoms with Gasteiger partial charge in [-0.2, -0.15) is 0 Å². The molecule has 0 bridgehead atoms. The van der Waals surface area contributed by atoms with Gasteiger partial charge in [0.1, 0.15) is 11.5 Å². The van der Waals surface area contributed by atoms with E-state index in [2.05, 4.69) is 10.6 Å². The van der Waals surface area contributed by atoms with Gasteiger partial charge in [0.2, 0.25) is 5.91 Å². The quantitative estimate of drug-likeness (QED) is 0.538. The van der Waals surface area contributed by atoms with Gasteiger partial charge in [-0.15, -0.1) is 0 Å². The van der Waals surface area contributed by atoms with Gasteiger partial charge in [0.15, 0.2) is 0 Å². The Bertz CT molecular complexity index is 589. The number of nitrogens with zero attached hydrogens (tertiary/aromatic N) is 1. The zero-order chi connectivity index (χ0) is 16.2. The molecule has 114 valence electrons. The summed E-state index contributed by atoms with van der Waals surface area (Å²) in [6, 6.07) is 1.18. The number of nitrogens with one attached hydrogen (secondary N) is 2. The molecule has 0 aliphatic heterocycles. The van der Waals surface area contributed by atoms with E-state index in [0.717, 1.165) is 6.07 Å². The fourth-order valence-corrected chi connectivity index (χ4v) is 1.57. The molecule has 8 nitrogen and oxygen atoms in total. The van der Waals surface area contributed by atoms with Gasteiger partial charge in [-0.05, 0) is 19.9 Å². The molecule has 1 amide bonds. The molecular formula is C12H14FN3O5. The maximum absolute atomic E-state index is 13.4. The number of amides is 1. The zero-order valence-corrected chi connectivity index (χ0v) is 11.3. The molecule has 0 aliphatic carbocycles. The molecule has 9 heteroatoms. The van der Waals surface area contributed by atoms with E-state index in [1.807, 2.05) is 0 Å². The van der Waals surface area contributed by atoms with Crippen LogP contribution in [0.1, 0.15) is 24.2 Å². The summed E-state index contributed by atoms with van der Waals surface area (Å²) < 4.78 is 13.4. The number of hydrogen-bond acceptors (Lipinski definition) is 5. The molecule has 0 spiro atoms. The first kappa shape index (κ1) is 16.3. The van der Waals surface area contributed by atoms with Crippen molar-refractivity contribution < 1.29 is 24.0 Å². The van der Waals surface area contributed by atoms with E-state index in [9.17, 15) is 24.1 Å². The number of hydrogen-bond donors (Lipinski definition) is 3. The molecular weight excluding hydrogens is 285 g/mol. The summed E-state index contributed by atoms with van der Waals surface area (Å²) in [4.78, 5) is 32.2. The van der Waals surface area contributed by atoms with E-state index in [4.69, 9.17) is 5.11 Å². The summed E-state index contributed by atoms with van der Waals surface area (Å²) in [5, 5.41) is 24.6. The minimum atomic E-state index is -1.56. The molecule has 1 aromatic rings. The second kappa shape index (κ2) is 6.64. The summed E-state index contributed by atoms with van der Waals surface area (Å²) in [6.45, 7) is 3.17. The van der Waals surface area contributed by atoms with E-state index in [1.165, 1.54) is 0 Å². The molecule has 0 aromatic heterocycles. The van der Waals surface area contributed by atoms with Crippen molar-refractivity contribution in [3.8, 4) is 0 Å². The van der Waals surface area contributed by atoms with Crippen LogP contribution in [0.4, 0.5) is 15.8 Å². The number of halogens is 1. The number of benzene rings is 1. The first-order chi connectivity index (χ1) is 9.72. The van der Waals surface area contributed by atoms with Crippen LogP contribution in [0.25, 0.3) is 0 Å². The van der Waals surface area contributed by atoms with Crippen LogP contribution in [0.2, 0.25) is 0 Å². The lowest BCUT2D eigenvalue weighted by Crippen LogP contribution is -2.34. The lowest BCUT2D eigenvalue weighted by atomic mass is 10.1. The fraction of sp³-hybridized carbons (Fsp3) is 0.333. The number of carbonyl (C=O) groups is 2. The Morgan fingerprint density at radius 2 is 2.05 bits per heavy atom. The van der Waals surface area contributed by atoms with Crippen LogP contribution in [-0.2, 0) is 4.79 Å². The highest BCUT2D eigenvalue weighted by molar-refractivity contribution is 5.91. The first-order valence-electron chi connectivity index (χ1n) is 5.96. The third-order valence-electron chi connectivity index (χ3n) is 2.40. The van der Waals surface area contributed by atoms with Crippen molar-refractivity contribution in [3.63, 3.8) is 0 Å². The van der Waals surface area contributed by atoms with Crippen LogP contribution in [0.5, 0.6) is 0 Å². The van der Waals surface area contributed by atoms with Crippen molar-refractivity contribution >= 4 is 23.3 Å². The molecule has 0 saturated carbocycles. The first-order valence-corrected chi connectivity index (χ1v) is 5.96. The summed E-state index contributed by atoms with van der Waals surface area (Å²) in [5.41, 5.74) is -1.60. The third-order valence-corrected chi connectivity index (χ3v) is 2.40. The average molecular weight is 299 g/mol. The summed E-state index contributed by atoms with van der Waals surface area (Å²) in [6.07, 6.45) is 0. The van der Waals surface area contributed by atoms with Gasteiger partial charge in [-0.1, -0.05) is 0 Å². The SMILES string of the molecule is CC(C)NC(=O)CNc1cc(C(=O)O)c(F)cc1[N+](=O)[O-]. The summed E-state index contributed by atoms with van der Waals surface area (Å²) in [7, 11) is 0. The Hall–Kier alpha value is -2.71. The van der Waals surface area contributed by atoms with Crippen LogP contribution in [0, 0.1) is 15.9 Å². The highest BCUT2D eigenvalue weighted by Gasteiger charge is 2.22. The number of nitro groups is 1. The van der Waals surface area contributed by atoms with Crippen molar-refractivity contribution in [1.82, 2.24) is 5.32 Å². The monoisotopic (exact) mass is 299 g/mol. The Labute approximate surface area is 119 Å². The van der Waals surface area contributed by atoms with Crippen molar-refractivity contribution in [2.75, 3.05) is 11.9 Å². The highest BCUT2D eigenvalue weighted by Crippen LogP contribution is 2.27. The van der Waals surface area contributed by atoms with Gasteiger partial charge >= 0.3 is 5.97 Å². The van der Waals surface area contributed by atoms with E-state index >= 15 is 0 Å². The Morgan fingerprint density at radius 1 is 1.43 bits per heavy atom. The van der Waals surface area contributed by atoms with Crippen molar-refractivity contribution in [2.45, 2.75) is 19.9 Å². The molecule has 0 atom stereocenters. The Morgan fingerprint density at radius 3 is 2.52 bits per heavy atom. The molecule has 0 fully saturated rings. The number of carbonyl (C=O) groups excluding carboxylic acids is 1. The number of carboxylic acid groups (broad SMARTS) is 1. The predicted molar refractivity (Wildman–Crippen MR) is 71.8 cm³/mol. The minimum Gasteiger partial charge on any atom is -0.478 e. The zero-order valence-electron chi connectivity index (χ0n) is 11.3. The maximum Gasteiger partial charge on any atom is 0.338 e. The normalized spacial score (nSPS) is 10.3. The number of nitro benzene ring substituents is 1. The van der Waals surface area contributed by atoms with Gasteiger partial charge < -0.3 is 15.7 Å². The maximum atomic E-state index is 13.4. The Kier molecular flexibility index (Phi) is 5.17. The number of anilines is 1. The molecule has 21 heavy (non-hydrogen) atoms. The molecule has 3 N–H and O–H groups in total. The van der Waals surface area contributed by atoms with Crippen LogP contribution in [0.3, 0.4) is 0 Å². The average Bonchev–Trinajstić information content (AvgIpc) is 2.35. The number of rotatable bonds is 6. The van der Waals surface area contributed by atoms with Crippen LogP contribution < -0.4 is 10.6 Å². The standard InChI is InChI=1S/C12H14FN3O5/c1-6(2)15-11(17)5-14-9-3-7(12(18)19)8(13)4-10(9)16(20)21/h3-4,6,14H,5H2,1-2H3,(H,15,17)(H,18,19). The smallest absolute Gasteiger partial charge is 0.338 e. The van der Waals surface area contributed by atoms with E-state index < -0.39 is 33.9 Å². The Balaban J connectivity index is 3.03. The van der Waals surface area contributed by atoms with Gasteiger partial charge in [-0.25, -0.2) is 9.18 Å². The second-order valence-corrected chi connectivity index (χ2v) is 4.49. The minimum absolute atomic E-state index is 0.114. The molecule has 0 unspecified atom stereocenters. The van der Waals surface area contributed by atoms with Gasteiger partial charge in [0.25, 0.3) is 5.69 Å². The van der Waals surface area contributed by atoms with Crippen LogP contribution in [0.15, 0.2) is 12.1 Å². The molecule has 0 heterocycles.